The molecule has 0 aromatic heterocycles. The van der Waals surface area contributed by atoms with E-state index in [-0.39, 0.29) is 0 Å². The van der Waals surface area contributed by atoms with Crippen LogP contribution in [0.1, 0.15) is 5.56 Å². The summed E-state index contributed by atoms with van der Waals surface area (Å²) in [5.41, 5.74) is 2.34. The highest BCUT2D eigenvalue weighted by atomic mass is 35.5. The zero-order chi connectivity index (χ0) is 10.4. The zero-order valence-corrected chi connectivity index (χ0v) is 9.42. The van der Waals surface area contributed by atoms with Gasteiger partial charge in [0.05, 0.1) is 6.61 Å². The van der Waals surface area contributed by atoms with Crippen LogP contribution in [0.4, 0.5) is 5.69 Å². The Labute approximate surface area is 90.4 Å². The Hall–Kier alpha value is -0.730. The van der Waals surface area contributed by atoms with Crippen molar-refractivity contribution in [3.8, 4) is 0 Å². The third-order valence-corrected chi connectivity index (χ3v) is 2.47. The number of hydrogen-bond donors (Lipinski definition) is 0. The first-order valence-corrected chi connectivity index (χ1v) is 5.17. The van der Waals surface area contributed by atoms with Crippen molar-refractivity contribution in [2.45, 2.75) is 5.88 Å². The van der Waals surface area contributed by atoms with E-state index < -0.39 is 0 Å². The summed E-state index contributed by atoms with van der Waals surface area (Å²) in [6, 6.07) is 8.15. The lowest BCUT2D eigenvalue weighted by molar-refractivity contribution is 0.206. The van der Waals surface area contributed by atoms with Crippen LogP contribution in [0.25, 0.3) is 0 Å². The van der Waals surface area contributed by atoms with Gasteiger partial charge in [-0.2, -0.15) is 0 Å². The Morgan fingerprint density at radius 2 is 2.07 bits per heavy atom. The number of nitrogens with zero attached hydrogens (tertiary/aromatic N) is 1. The van der Waals surface area contributed by atoms with E-state index in [0.29, 0.717) is 5.88 Å². The third-order valence-electron chi connectivity index (χ3n) is 2.18. The molecular weight excluding hydrogens is 198 g/mol. The molecule has 0 spiro atoms. The molecule has 1 aromatic carbocycles. The second kappa shape index (κ2) is 5.89. The maximum atomic E-state index is 5.85. The first-order chi connectivity index (χ1) is 6.79. The van der Waals surface area contributed by atoms with Gasteiger partial charge in [0.1, 0.15) is 0 Å². The van der Waals surface area contributed by atoms with E-state index in [1.807, 2.05) is 25.2 Å². The number of para-hydroxylation sites is 1. The quantitative estimate of drug-likeness (QED) is 0.697. The maximum absolute atomic E-state index is 5.85. The summed E-state index contributed by atoms with van der Waals surface area (Å²) in [6.07, 6.45) is 0. The minimum Gasteiger partial charge on any atom is -0.383 e. The van der Waals surface area contributed by atoms with Gasteiger partial charge in [-0.3, -0.25) is 0 Å². The second-order valence-corrected chi connectivity index (χ2v) is 3.44. The predicted molar refractivity (Wildman–Crippen MR) is 61.1 cm³/mol. The van der Waals surface area contributed by atoms with Gasteiger partial charge in [-0.1, -0.05) is 18.2 Å². The monoisotopic (exact) mass is 213 g/mol. The SMILES string of the molecule is COCCN(C)c1ccccc1CCl. The lowest BCUT2D eigenvalue weighted by Gasteiger charge is -2.21. The lowest BCUT2D eigenvalue weighted by Crippen LogP contribution is -2.22. The molecule has 0 aliphatic heterocycles. The van der Waals surface area contributed by atoms with Crippen molar-refractivity contribution >= 4 is 17.3 Å². The van der Waals surface area contributed by atoms with E-state index in [2.05, 4.69) is 11.0 Å². The third kappa shape index (κ3) is 2.89. The standard InChI is InChI=1S/C11H16ClNO/c1-13(7-8-14-2)11-6-4-3-5-10(11)9-12/h3-6H,7-9H2,1-2H3. The molecule has 0 atom stereocenters. The molecule has 14 heavy (non-hydrogen) atoms. The Morgan fingerprint density at radius 1 is 1.36 bits per heavy atom. The average Bonchev–Trinajstić information content (AvgIpc) is 2.25. The molecule has 0 saturated carbocycles. The molecule has 2 nitrogen and oxygen atoms in total. The van der Waals surface area contributed by atoms with Crippen molar-refractivity contribution in [2.24, 2.45) is 0 Å². The van der Waals surface area contributed by atoms with Crippen molar-refractivity contribution in [1.29, 1.82) is 0 Å². The Balaban J connectivity index is 2.72. The molecule has 0 aliphatic carbocycles. The summed E-state index contributed by atoms with van der Waals surface area (Å²) in [6.45, 7) is 1.61. The number of likely N-dealkylation sites (N-methyl/N-ethyl adjacent to an activating group) is 1. The van der Waals surface area contributed by atoms with E-state index in [1.54, 1.807) is 7.11 Å². The number of ether oxygens (including phenoxy) is 1. The van der Waals surface area contributed by atoms with Crippen LogP contribution in [-0.4, -0.2) is 27.3 Å². The smallest absolute Gasteiger partial charge is 0.0637 e. The molecular formula is C11H16ClNO. The number of methoxy groups -OCH3 is 1. The topological polar surface area (TPSA) is 12.5 Å². The highest BCUT2D eigenvalue weighted by molar-refractivity contribution is 6.17. The van der Waals surface area contributed by atoms with E-state index in [1.165, 1.54) is 5.69 Å². The Bertz CT molecular complexity index is 278. The van der Waals surface area contributed by atoms with Crippen molar-refractivity contribution in [2.75, 3.05) is 32.2 Å². The normalized spacial score (nSPS) is 10.2. The summed E-state index contributed by atoms with van der Waals surface area (Å²) >= 11 is 5.85. The van der Waals surface area contributed by atoms with Gasteiger partial charge >= 0.3 is 0 Å². The van der Waals surface area contributed by atoms with E-state index in [0.717, 1.165) is 18.7 Å². The zero-order valence-electron chi connectivity index (χ0n) is 8.66. The number of anilines is 1. The molecule has 78 valence electrons. The second-order valence-electron chi connectivity index (χ2n) is 3.18. The van der Waals surface area contributed by atoms with E-state index in [9.17, 15) is 0 Å². The van der Waals surface area contributed by atoms with Gasteiger partial charge < -0.3 is 9.64 Å². The van der Waals surface area contributed by atoms with E-state index >= 15 is 0 Å². The first-order valence-electron chi connectivity index (χ1n) is 4.63. The minimum atomic E-state index is 0.549. The van der Waals surface area contributed by atoms with Crippen LogP contribution in [0.15, 0.2) is 24.3 Å². The Kier molecular flexibility index (Phi) is 4.77. The van der Waals surface area contributed by atoms with Crippen LogP contribution < -0.4 is 4.90 Å². The molecule has 0 radical (unpaired) electrons. The van der Waals surface area contributed by atoms with Gasteiger partial charge in [-0.05, 0) is 11.6 Å². The summed E-state index contributed by atoms with van der Waals surface area (Å²) in [5, 5.41) is 0. The molecule has 0 aliphatic rings. The van der Waals surface area contributed by atoms with Gasteiger partial charge in [0.2, 0.25) is 0 Å². The van der Waals surface area contributed by atoms with Crippen LogP contribution in [-0.2, 0) is 10.6 Å². The molecule has 0 N–H and O–H groups in total. The van der Waals surface area contributed by atoms with Crippen molar-refractivity contribution < 1.29 is 4.74 Å². The summed E-state index contributed by atoms with van der Waals surface area (Å²) in [4.78, 5) is 2.15. The fraction of sp³-hybridized carbons (Fsp3) is 0.455. The molecule has 0 saturated heterocycles. The number of alkyl halides is 1. The molecule has 0 amide bonds. The largest absolute Gasteiger partial charge is 0.383 e. The van der Waals surface area contributed by atoms with E-state index in [4.69, 9.17) is 16.3 Å². The van der Waals surface area contributed by atoms with Crippen LogP contribution in [0.2, 0.25) is 0 Å². The summed E-state index contributed by atoms with van der Waals surface area (Å²) in [7, 11) is 3.76. The predicted octanol–water partition coefficient (Wildman–Crippen LogP) is 2.51. The van der Waals surface area contributed by atoms with Gasteiger partial charge in [0.25, 0.3) is 0 Å². The average molecular weight is 214 g/mol. The fourth-order valence-electron chi connectivity index (χ4n) is 1.34. The van der Waals surface area contributed by atoms with Crippen LogP contribution >= 0.6 is 11.6 Å². The molecule has 0 fully saturated rings. The van der Waals surface area contributed by atoms with Crippen LogP contribution in [0.3, 0.4) is 0 Å². The molecule has 0 unspecified atom stereocenters. The van der Waals surface area contributed by atoms with Crippen LogP contribution in [0.5, 0.6) is 0 Å². The van der Waals surface area contributed by atoms with Crippen molar-refractivity contribution in [3.05, 3.63) is 29.8 Å². The number of benzene rings is 1. The molecule has 0 bridgehead atoms. The van der Waals surface area contributed by atoms with Gasteiger partial charge in [0.15, 0.2) is 0 Å². The molecule has 1 rings (SSSR count). The molecule has 1 aromatic rings. The first kappa shape index (κ1) is 11.3. The molecule has 3 heteroatoms. The molecule has 0 heterocycles. The van der Waals surface area contributed by atoms with Crippen molar-refractivity contribution in [3.63, 3.8) is 0 Å². The number of rotatable bonds is 5. The van der Waals surface area contributed by atoms with Crippen LogP contribution in [0, 0.1) is 0 Å². The minimum absolute atomic E-state index is 0.549. The summed E-state index contributed by atoms with van der Waals surface area (Å²) in [5.74, 6) is 0.549. The number of hydrogen-bond acceptors (Lipinski definition) is 2. The highest BCUT2D eigenvalue weighted by Crippen LogP contribution is 2.20. The number of halogens is 1. The fourth-order valence-corrected chi connectivity index (χ4v) is 1.57. The van der Waals surface area contributed by atoms with Crippen molar-refractivity contribution in [1.82, 2.24) is 0 Å². The van der Waals surface area contributed by atoms with Gasteiger partial charge in [-0.25, -0.2) is 0 Å². The lowest BCUT2D eigenvalue weighted by atomic mass is 10.2. The Morgan fingerprint density at radius 3 is 2.71 bits per heavy atom. The van der Waals surface area contributed by atoms with Gasteiger partial charge in [0, 0.05) is 32.3 Å². The highest BCUT2D eigenvalue weighted by Gasteiger charge is 2.04. The maximum Gasteiger partial charge on any atom is 0.0637 e. The summed E-state index contributed by atoms with van der Waals surface area (Å²) < 4.78 is 5.03. The van der Waals surface area contributed by atoms with Gasteiger partial charge in [-0.15, -0.1) is 11.6 Å².